The molecular formula is C16H17NO2. The molecule has 1 aromatic carbocycles. The fraction of sp³-hybridized carbons (Fsp3) is 0.188. The number of furan rings is 1. The Morgan fingerprint density at radius 1 is 1.21 bits per heavy atom. The van der Waals surface area contributed by atoms with Crippen molar-refractivity contribution in [2.75, 3.05) is 0 Å². The van der Waals surface area contributed by atoms with E-state index in [1.165, 1.54) is 0 Å². The summed E-state index contributed by atoms with van der Waals surface area (Å²) in [5, 5.41) is 2.81. The fourth-order valence-electron chi connectivity index (χ4n) is 1.84. The maximum absolute atomic E-state index is 11.9. The van der Waals surface area contributed by atoms with Gasteiger partial charge in [-0.2, -0.15) is 0 Å². The summed E-state index contributed by atoms with van der Waals surface area (Å²) in [6.45, 7) is 2.45. The predicted molar refractivity (Wildman–Crippen MR) is 75.3 cm³/mol. The van der Waals surface area contributed by atoms with Gasteiger partial charge in [0.15, 0.2) is 0 Å². The molecule has 0 atom stereocenters. The van der Waals surface area contributed by atoms with Crippen molar-refractivity contribution in [3.63, 3.8) is 0 Å². The van der Waals surface area contributed by atoms with E-state index in [9.17, 15) is 4.79 Å². The van der Waals surface area contributed by atoms with Crippen LogP contribution in [0.1, 0.15) is 24.7 Å². The van der Waals surface area contributed by atoms with Crippen molar-refractivity contribution in [3.05, 3.63) is 66.1 Å². The van der Waals surface area contributed by atoms with Crippen molar-refractivity contribution in [3.8, 4) is 0 Å². The van der Waals surface area contributed by atoms with E-state index in [2.05, 4.69) is 5.32 Å². The SMILES string of the molecule is CC/C(=C\C(=O)NCc1ccco1)c1ccccc1. The van der Waals surface area contributed by atoms with E-state index in [1.54, 1.807) is 18.4 Å². The summed E-state index contributed by atoms with van der Waals surface area (Å²) in [7, 11) is 0. The molecule has 0 aliphatic heterocycles. The van der Waals surface area contributed by atoms with Gasteiger partial charge >= 0.3 is 0 Å². The molecule has 2 rings (SSSR count). The molecule has 1 amide bonds. The highest BCUT2D eigenvalue weighted by Crippen LogP contribution is 2.17. The molecule has 0 aliphatic carbocycles. The van der Waals surface area contributed by atoms with Crippen LogP contribution in [-0.2, 0) is 11.3 Å². The average Bonchev–Trinajstić information content (AvgIpc) is 2.97. The van der Waals surface area contributed by atoms with Gasteiger partial charge in [-0.25, -0.2) is 0 Å². The van der Waals surface area contributed by atoms with Crippen LogP contribution < -0.4 is 5.32 Å². The number of hydrogen-bond acceptors (Lipinski definition) is 2. The van der Waals surface area contributed by atoms with Crippen molar-refractivity contribution in [1.82, 2.24) is 5.32 Å². The van der Waals surface area contributed by atoms with Crippen LogP contribution in [0.3, 0.4) is 0 Å². The van der Waals surface area contributed by atoms with Gasteiger partial charge in [-0.15, -0.1) is 0 Å². The van der Waals surface area contributed by atoms with Gasteiger partial charge in [-0.1, -0.05) is 37.3 Å². The number of nitrogens with one attached hydrogen (secondary N) is 1. The molecule has 19 heavy (non-hydrogen) atoms. The summed E-state index contributed by atoms with van der Waals surface area (Å²) >= 11 is 0. The lowest BCUT2D eigenvalue weighted by molar-refractivity contribution is -0.116. The predicted octanol–water partition coefficient (Wildman–Crippen LogP) is 3.39. The third-order valence-electron chi connectivity index (χ3n) is 2.85. The topological polar surface area (TPSA) is 42.2 Å². The molecule has 1 aromatic heterocycles. The molecule has 3 heteroatoms. The molecule has 0 spiro atoms. The highest BCUT2D eigenvalue weighted by Gasteiger charge is 2.03. The van der Waals surface area contributed by atoms with Crippen LogP contribution in [0.4, 0.5) is 0 Å². The zero-order valence-corrected chi connectivity index (χ0v) is 10.9. The lowest BCUT2D eigenvalue weighted by atomic mass is 10.0. The molecule has 1 N–H and O–H groups in total. The Balaban J connectivity index is 2.00. The maximum Gasteiger partial charge on any atom is 0.244 e. The van der Waals surface area contributed by atoms with Crippen LogP contribution in [0, 0.1) is 0 Å². The third kappa shape index (κ3) is 3.85. The van der Waals surface area contributed by atoms with Crippen LogP contribution in [-0.4, -0.2) is 5.91 Å². The molecule has 0 fully saturated rings. The molecule has 0 saturated heterocycles. The van der Waals surface area contributed by atoms with Gasteiger partial charge in [0.05, 0.1) is 12.8 Å². The highest BCUT2D eigenvalue weighted by atomic mass is 16.3. The summed E-state index contributed by atoms with van der Waals surface area (Å²) in [5.41, 5.74) is 2.11. The summed E-state index contributed by atoms with van der Waals surface area (Å²) in [6, 6.07) is 13.6. The van der Waals surface area contributed by atoms with E-state index in [1.807, 2.05) is 43.3 Å². The lowest BCUT2D eigenvalue weighted by Gasteiger charge is -2.05. The molecule has 0 aliphatic rings. The van der Waals surface area contributed by atoms with Crippen LogP contribution in [0.15, 0.2) is 59.2 Å². The molecule has 1 heterocycles. The first-order valence-corrected chi connectivity index (χ1v) is 6.36. The van der Waals surface area contributed by atoms with Gasteiger partial charge in [0.1, 0.15) is 5.76 Å². The monoisotopic (exact) mass is 255 g/mol. The third-order valence-corrected chi connectivity index (χ3v) is 2.85. The van der Waals surface area contributed by atoms with Crippen LogP contribution >= 0.6 is 0 Å². The van der Waals surface area contributed by atoms with Crippen LogP contribution in [0.25, 0.3) is 5.57 Å². The van der Waals surface area contributed by atoms with E-state index in [0.717, 1.165) is 23.3 Å². The molecule has 0 bridgehead atoms. The fourth-order valence-corrected chi connectivity index (χ4v) is 1.84. The quantitative estimate of drug-likeness (QED) is 0.832. The number of hydrogen-bond donors (Lipinski definition) is 1. The molecule has 0 saturated carbocycles. The molecule has 0 unspecified atom stereocenters. The minimum Gasteiger partial charge on any atom is -0.467 e. The number of allylic oxidation sites excluding steroid dienone is 1. The first-order chi connectivity index (χ1) is 9.29. The Labute approximate surface area is 112 Å². The van der Waals surface area contributed by atoms with E-state index in [0.29, 0.717) is 6.54 Å². The number of benzene rings is 1. The second-order valence-electron chi connectivity index (χ2n) is 4.19. The number of carbonyl (C=O) groups is 1. The molecular weight excluding hydrogens is 238 g/mol. The second-order valence-corrected chi connectivity index (χ2v) is 4.19. The Kier molecular flexibility index (Phi) is 4.56. The number of rotatable bonds is 5. The van der Waals surface area contributed by atoms with Gasteiger partial charge in [-0.3, -0.25) is 4.79 Å². The van der Waals surface area contributed by atoms with Crippen LogP contribution in [0.5, 0.6) is 0 Å². The smallest absolute Gasteiger partial charge is 0.244 e. The molecule has 98 valence electrons. The lowest BCUT2D eigenvalue weighted by Crippen LogP contribution is -2.20. The second kappa shape index (κ2) is 6.59. The van der Waals surface area contributed by atoms with E-state index in [4.69, 9.17) is 4.42 Å². The molecule has 3 nitrogen and oxygen atoms in total. The Hall–Kier alpha value is -2.29. The van der Waals surface area contributed by atoms with Crippen LogP contribution in [0.2, 0.25) is 0 Å². The summed E-state index contributed by atoms with van der Waals surface area (Å²) < 4.78 is 5.16. The number of amides is 1. The average molecular weight is 255 g/mol. The first-order valence-electron chi connectivity index (χ1n) is 6.36. The zero-order chi connectivity index (χ0) is 13.5. The molecule has 0 radical (unpaired) electrons. The van der Waals surface area contributed by atoms with Crippen molar-refractivity contribution >= 4 is 11.5 Å². The van der Waals surface area contributed by atoms with Gasteiger partial charge < -0.3 is 9.73 Å². The Morgan fingerprint density at radius 2 is 2.00 bits per heavy atom. The van der Waals surface area contributed by atoms with E-state index in [-0.39, 0.29) is 5.91 Å². The summed E-state index contributed by atoms with van der Waals surface area (Å²) in [4.78, 5) is 11.9. The first kappa shape index (κ1) is 13.1. The van der Waals surface area contributed by atoms with Crippen molar-refractivity contribution < 1.29 is 9.21 Å². The van der Waals surface area contributed by atoms with E-state index < -0.39 is 0 Å². The van der Waals surface area contributed by atoms with Gasteiger partial charge in [0, 0.05) is 6.08 Å². The van der Waals surface area contributed by atoms with Gasteiger partial charge in [0.2, 0.25) is 5.91 Å². The Bertz CT molecular complexity index is 541. The summed E-state index contributed by atoms with van der Waals surface area (Å²) in [5.74, 6) is 0.650. The Morgan fingerprint density at radius 3 is 2.63 bits per heavy atom. The highest BCUT2D eigenvalue weighted by molar-refractivity contribution is 5.95. The van der Waals surface area contributed by atoms with Crippen molar-refractivity contribution in [1.29, 1.82) is 0 Å². The van der Waals surface area contributed by atoms with Gasteiger partial charge in [0.25, 0.3) is 0 Å². The van der Waals surface area contributed by atoms with Crippen molar-refractivity contribution in [2.45, 2.75) is 19.9 Å². The summed E-state index contributed by atoms with van der Waals surface area (Å²) in [6.07, 6.45) is 4.06. The minimum absolute atomic E-state index is 0.0999. The largest absolute Gasteiger partial charge is 0.467 e. The zero-order valence-electron chi connectivity index (χ0n) is 10.9. The minimum atomic E-state index is -0.0999. The number of carbonyl (C=O) groups excluding carboxylic acids is 1. The normalized spacial score (nSPS) is 11.3. The van der Waals surface area contributed by atoms with Crippen molar-refractivity contribution in [2.24, 2.45) is 0 Å². The van der Waals surface area contributed by atoms with E-state index >= 15 is 0 Å². The molecule has 2 aromatic rings. The maximum atomic E-state index is 11.9. The standard InChI is InChI=1S/C16H17NO2/c1-2-13(14-7-4-3-5-8-14)11-16(18)17-12-15-9-6-10-19-15/h3-11H,2,12H2,1H3,(H,17,18)/b13-11+. The van der Waals surface area contributed by atoms with Gasteiger partial charge in [-0.05, 0) is 29.7 Å².